The van der Waals surface area contributed by atoms with Crippen molar-refractivity contribution in [2.75, 3.05) is 46.6 Å². The van der Waals surface area contributed by atoms with Crippen molar-refractivity contribution in [2.24, 2.45) is 0 Å². The summed E-state index contributed by atoms with van der Waals surface area (Å²) in [5.74, 6) is -0.752. The van der Waals surface area contributed by atoms with Gasteiger partial charge in [-0.15, -0.1) is 0 Å². The van der Waals surface area contributed by atoms with Crippen molar-refractivity contribution < 1.29 is 28.7 Å². The van der Waals surface area contributed by atoms with Gasteiger partial charge in [-0.05, 0) is 31.4 Å². The van der Waals surface area contributed by atoms with Gasteiger partial charge in [0.1, 0.15) is 6.61 Å². The smallest absolute Gasteiger partial charge is 0.261 e. The van der Waals surface area contributed by atoms with E-state index in [0.29, 0.717) is 56.7 Å². The first-order valence-corrected chi connectivity index (χ1v) is 10.6. The second-order valence-electron chi connectivity index (χ2n) is 7.68. The molecule has 2 aliphatic heterocycles. The lowest BCUT2D eigenvalue weighted by Gasteiger charge is -2.32. The predicted molar refractivity (Wildman–Crippen MR) is 111 cm³/mol. The van der Waals surface area contributed by atoms with Crippen LogP contribution in [-0.2, 0) is 19.1 Å². The molecule has 0 aliphatic carbocycles. The first kappa shape index (κ1) is 22.9. The van der Waals surface area contributed by atoms with E-state index in [1.165, 1.54) is 4.90 Å². The Hall–Kier alpha value is -2.78. The number of rotatable bonds is 10. The van der Waals surface area contributed by atoms with E-state index in [1.807, 2.05) is 0 Å². The van der Waals surface area contributed by atoms with Crippen LogP contribution < -0.4 is 5.32 Å². The zero-order valence-corrected chi connectivity index (χ0v) is 17.8. The summed E-state index contributed by atoms with van der Waals surface area (Å²) >= 11 is 0. The van der Waals surface area contributed by atoms with Crippen molar-refractivity contribution in [3.8, 4) is 0 Å². The van der Waals surface area contributed by atoms with Gasteiger partial charge in [0.05, 0.1) is 24.3 Å². The number of methoxy groups -OCH3 is 1. The molecule has 1 aromatic carbocycles. The number of benzene rings is 1. The first-order valence-electron chi connectivity index (χ1n) is 10.6. The second kappa shape index (κ2) is 11.0. The van der Waals surface area contributed by atoms with Crippen LogP contribution >= 0.6 is 0 Å². The molecule has 31 heavy (non-hydrogen) atoms. The molecule has 0 aromatic heterocycles. The summed E-state index contributed by atoms with van der Waals surface area (Å²) in [7, 11) is 1.57. The van der Waals surface area contributed by atoms with Gasteiger partial charge < -0.3 is 19.7 Å². The van der Waals surface area contributed by atoms with Crippen LogP contribution in [0.5, 0.6) is 0 Å². The van der Waals surface area contributed by atoms with Crippen molar-refractivity contribution in [2.45, 2.75) is 31.7 Å². The van der Waals surface area contributed by atoms with Gasteiger partial charge in [-0.3, -0.25) is 24.1 Å². The van der Waals surface area contributed by atoms with Crippen LogP contribution in [0.4, 0.5) is 0 Å². The molecule has 0 spiro atoms. The Labute approximate surface area is 181 Å². The normalized spacial score (nSPS) is 16.5. The van der Waals surface area contributed by atoms with Gasteiger partial charge in [-0.1, -0.05) is 12.1 Å². The van der Waals surface area contributed by atoms with Gasteiger partial charge in [0.25, 0.3) is 11.8 Å². The van der Waals surface area contributed by atoms with E-state index in [0.717, 1.165) is 0 Å². The molecular formula is C22H29N3O6. The van der Waals surface area contributed by atoms with Crippen molar-refractivity contribution in [3.63, 3.8) is 0 Å². The fraction of sp³-hybridized carbons (Fsp3) is 0.545. The number of piperidine rings is 1. The predicted octanol–water partition coefficient (Wildman–Crippen LogP) is 0.833. The van der Waals surface area contributed by atoms with Crippen LogP contribution in [0, 0.1) is 0 Å². The lowest BCUT2D eigenvalue weighted by molar-refractivity contribution is -0.132. The minimum Gasteiger partial charge on any atom is -0.382 e. The molecule has 3 rings (SSSR count). The summed E-state index contributed by atoms with van der Waals surface area (Å²) in [6, 6.07) is 6.79. The number of nitrogens with one attached hydrogen (secondary N) is 1. The average molecular weight is 431 g/mol. The number of carbonyl (C=O) groups excluding carboxylic acids is 4. The Morgan fingerprint density at radius 3 is 2.32 bits per heavy atom. The van der Waals surface area contributed by atoms with Gasteiger partial charge >= 0.3 is 0 Å². The molecule has 0 radical (unpaired) electrons. The number of carbonyl (C=O) groups is 4. The Morgan fingerprint density at radius 2 is 1.71 bits per heavy atom. The minimum absolute atomic E-state index is 0.000311. The Kier molecular flexibility index (Phi) is 8.13. The number of hydrogen-bond donors (Lipinski definition) is 1. The largest absolute Gasteiger partial charge is 0.382 e. The maximum atomic E-state index is 12.5. The third-order valence-corrected chi connectivity index (χ3v) is 5.53. The Bertz CT molecular complexity index is 784. The molecule has 2 aliphatic rings. The van der Waals surface area contributed by atoms with E-state index in [9.17, 15) is 19.2 Å². The lowest BCUT2D eigenvalue weighted by atomic mass is 10.0. The van der Waals surface area contributed by atoms with Gasteiger partial charge in [0.15, 0.2) is 0 Å². The van der Waals surface area contributed by atoms with E-state index < -0.39 is 0 Å². The zero-order chi connectivity index (χ0) is 22.2. The van der Waals surface area contributed by atoms with E-state index >= 15 is 0 Å². The molecule has 1 N–H and O–H groups in total. The SMILES string of the molecule is COCCOCC(=O)NC1CCN(C(=O)CCCN2C(=O)c3ccccc3C2=O)CC1. The first-order chi connectivity index (χ1) is 15.0. The Balaban J connectivity index is 1.34. The summed E-state index contributed by atoms with van der Waals surface area (Å²) in [5.41, 5.74) is 0.846. The summed E-state index contributed by atoms with van der Waals surface area (Å²) in [5, 5.41) is 2.93. The van der Waals surface area contributed by atoms with Crippen molar-refractivity contribution in [3.05, 3.63) is 35.4 Å². The van der Waals surface area contributed by atoms with Gasteiger partial charge in [0.2, 0.25) is 11.8 Å². The van der Waals surface area contributed by atoms with E-state index in [2.05, 4.69) is 5.32 Å². The maximum absolute atomic E-state index is 12.5. The summed E-state index contributed by atoms with van der Waals surface area (Å²) in [6.45, 7) is 2.19. The number of hydrogen-bond acceptors (Lipinski definition) is 6. The standard InChI is InChI=1S/C22H29N3O6/c1-30-13-14-31-15-19(26)23-16-8-11-24(12-9-16)20(27)7-4-10-25-21(28)17-5-2-3-6-18(17)22(25)29/h2-3,5-6,16H,4,7-15H2,1H3,(H,23,26). The highest BCUT2D eigenvalue weighted by atomic mass is 16.5. The van der Waals surface area contributed by atoms with Crippen molar-refractivity contribution >= 4 is 23.6 Å². The summed E-state index contributed by atoms with van der Waals surface area (Å²) < 4.78 is 10.1. The molecule has 1 saturated heterocycles. The second-order valence-corrected chi connectivity index (χ2v) is 7.68. The number of ether oxygens (including phenoxy) is 2. The third kappa shape index (κ3) is 5.89. The van der Waals surface area contributed by atoms with Crippen LogP contribution in [0.15, 0.2) is 24.3 Å². The van der Waals surface area contributed by atoms with Crippen LogP contribution in [-0.4, -0.2) is 86.0 Å². The fourth-order valence-electron chi connectivity index (χ4n) is 3.84. The molecular weight excluding hydrogens is 402 g/mol. The topological polar surface area (TPSA) is 105 Å². The zero-order valence-electron chi connectivity index (χ0n) is 17.8. The molecule has 9 heteroatoms. The number of imide groups is 1. The molecule has 2 heterocycles. The third-order valence-electron chi connectivity index (χ3n) is 5.53. The molecule has 0 atom stereocenters. The Morgan fingerprint density at radius 1 is 1.06 bits per heavy atom. The maximum Gasteiger partial charge on any atom is 0.261 e. The van der Waals surface area contributed by atoms with Crippen LogP contribution in [0.25, 0.3) is 0 Å². The summed E-state index contributed by atoms with van der Waals surface area (Å²) in [4.78, 5) is 52.1. The monoisotopic (exact) mass is 431 g/mol. The molecule has 0 saturated carbocycles. The van der Waals surface area contributed by atoms with Gasteiger partial charge in [-0.25, -0.2) is 0 Å². The number of amides is 4. The van der Waals surface area contributed by atoms with E-state index in [-0.39, 0.29) is 49.2 Å². The quantitative estimate of drug-likeness (QED) is 0.435. The van der Waals surface area contributed by atoms with E-state index in [4.69, 9.17) is 9.47 Å². The van der Waals surface area contributed by atoms with Crippen molar-refractivity contribution in [1.82, 2.24) is 15.1 Å². The number of likely N-dealkylation sites (tertiary alicyclic amines) is 1. The molecule has 1 aromatic rings. The molecule has 4 amide bonds. The number of nitrogens with zero attached hydrogens (tertiary/aromatic N) is 2. The van der Waals surface area contributed by atoms with Gasteiger partial charge in [0, 0.05) is 39.2 Å². The van der Waals surface area contributed by atoms with Crippen LogP contribution in [0.2, 0.25) is 0 Å². The molecule has 0 unspecified atom stereocenters. The highest BCUT2D eigenvalue weighted by molar-refractivity contribution is 6.21. The van der Waals surface area contributed by atoms with Crippen LogP contribution in [0.1, 0.15) is 46.4 Å². The number of fused-ring (bicyclic) bond motifs is 1. The van der Waals surface area contributed by atoms with Gasteiger partial charge in [-0.2, -0.15) is 0 Å². The van der Waals surface area contributed by atoms with E-state index in [1.54, 1.807) is 36.3 Å². The van der Waals surface area contributed by atoms with Crippen LogP contribution in [0.3, 0.4) is 0 Å². The highest BCUT2D eigenvalue weighted by Gasteiger charge is 2.34. The molecule has 0 bridgehead atoms. The summed E-state index contributed by atoms with van der Waals surface area (Å²) in [6.07, 6.45) is 2.08. The molecule has 168 valence electrons. The minimum atomic E-state index is -0.296. The lowest BCUT2D eigenvalue weighted by Crippen LogP contribution is -2.47. The molecule has 9 nitrogen and oxygen atoms in total. The highest BCUT2D eigenvalue weighted by Crippen LogP contribution is 2.23. The fourth-order valence-corrected chi connectivity index (χ4v) is 3.84. The van der Waals surface area contributed by atoms with Crippen molar-refractivity contribution in [1.29, 1.82) is 0 Å². The molecule has 1 fully saturated rings. The average Bonchev–Trinajstić information content (AvgIpc) is 3.02.